The zero-order chi connectivity index (χ0) is 25.3. The Balaban J connectivity index is 1.73. The minimum Gasteiger partial charge on any atom is -0.405 e. The van der Waals surface area contributed by atoms with Gasteiger partial charge in [0.15, 0.2) is 0 Å². The molecule has 5 nitrogen and oxygen atoms in total. The lowest BCUT2D eigenvalue weighted by Gasteiger charge is -2.16. The molecule has 0 saturated heterocycles. The number of nitrogens with zero attached hydrogens (tertiary/aromatic N) is 1. The number of halogens is 4. The number of H-pyrrole nitrogens is 1. The number of nitrogens with one attached hydrogen (secondary N) is 1. The van der Waals surface area contributed by atoms with Gasteiger partial charge in [0, 0.05) is 21.8 Å². The number of aliphatic hydroxyl groups is 1. The number of aryl methyl sites for hydroxylation is 1. The number of hydrogen-bond donors (Lipinski definition) is 2. The summed E-state index contributed by atoms with van der Waals surface area (Å²) in [5.74, 6) is 0.435. The van der Waals surface area contributed by atoms with Crippen molar-refractivity contribution in [3.63, 3.8) is 0 Å². The van der Waals surface area contributed by atoms with Gasteiger partial charge in [0.1, 0.15) is 17.7 Å². The third kappa shape index (κ3) is 5.37. The van der Waals surface area contributed by atoms with Gasteiger partial charge in [0.05, 0.1) is 26.9 Å². The molecule has 2 atom stereocenters. The van der Waals surface area contributed by atoms with Crippen LogP contribution >= 0.6 is 11.6 Å². The third-order valence-corrected chi connectivity index (χ3v) is 7.35. The maximum absolute atomic E-state index is 12.9. The Morgan fingerprint density at radius 1 is 1.17 bits per heavy atom. The highest BCUT2D eigenvalue weighted by atomic mass is 35.5. The highest BCUT2D eigenvalue weighted by molar-refractivity contribution is 7.85. The summed E-state index contributed by atoms with van der Waals surface area (Å²) in [5.41, 5.74) is 2.60. The van der Waals surface area contributed by atoms with E-state index in [0.29, 0.717) is 38.4 Å². The molecular weight excluding hydrogens is 501 g/mol. The summed E-state index contributed by atoms with van der Waals surface area (Å²) in [6.07, 6.45) is -5.16. The number of aromatic amines is 1. The van der Waals surface area contributed by atoms with Crippen molar-refractivity contribution in [2.45, 2.75) is 37.6 Å². The average Bonchev–Trinajstić information content (AvgIpc) is 3.23. The molecule has 184 valence electrons. The number of benzene rings is 3. The van der Waals surface area contributed by atoms with Crippen LogP contribution in [-0.4, -0.2) is 31.4 Å². The number of aromatic nitrogens is 2. The molecule has 0 aliphatic heterocycles. The molecule has 0 fully saturated rings. The minimum atomic E-state index is -4.86. The van der Waals surface area contributed by atoms with Gasteiger partial charge in [-0.15, -0.1) is 13.2 Å². The van der Waals surface area contributed by atoms with Crippen molar-refractivity contribution >= 4 is 33.4 Å². The largest absolute Gasteiger partial charge is 0.573 e. The number of rotatable bonds is 7. The Kier molecular flexibility index (Phi) is 7.21. The van der Waals surface area contributed by atoms with Crippen LogP contribution in [0.5, 0.6) is 5.75 Å². The molecule has 10 heteroatoms. The molecule has 0 aliphatic carbocycles. The molecule has 1 heterocycles. The van der Waals surface area contributed by atoms with E-state index in [1.54, 1.807) is 43.3 Å². The van der Waals surface area contributed by atoms with Gasteiger partial charge in [0.25, 0.3) is 0 Å². The van der Waals surface area contributed by atoms with Crippen LogP contribution in [0.3, 0.4) is 0 Å². The fourth-order valence-corrected chi connectivity index (χ4v) is 5.30. The predicted molar refractivity (Wildman–Crippen MR) is 130 cm³/mol. The fraction of sp³-hybridized carbons (Fsp3) is 0.240. The van der Waals surface area contributed by atoms with Crippen LogP contribution in [-0.2, 0) is 10.8 Å². The maximum Gasteiger partial charge on any atom is 0.573 e. The first-order valence-corrected chi connectivity index (χ1v) is 12.5. The lowest BCUT2D eigenvalue weighted by molar-refractivity contribution is -0.274. The van der Waals surface area contributed by atoms with E-state index < -0.39 is 23.3 Å². The van der Waals surface area contributed by atoms with Crippen molar-refractivity contribution in [2.24, 2.45) is 0 Å². The summed E-state index contributed by atoms with van der Waals surface area (Å²) in [4.78, 5) is 8.25. The van der Waals surface area contributed by atoms with Gasteiger partial charge >= 0.3 is 6.36 Å². The van der Waals surface area contributed by atoms with Crippen LogP contribution < -0.4 is 4.74 Å². The van der Waals surface area contributed by atoms with Crippen molar-refractivity contribution in [1.29, 1.82) is 0 Å². The van der Waals surface area contributed by atoms with Crippen LogP contribution in [0.15, 0.2) is 59.5 Å². The number of ether oxygens (including phenoxy) is 1. The Bertz CT molecular complexity index is 1390. The molecule has 0 saturated carbocycles. The van der Waals surface area contributed by atoms with Crippen molar-refractivity contribution in [1.82, 2.24) is 9.97 Å². The quantitative estimate of drug-likeness (QED) is 0.283. The van der Waals surface area contributed by atoms with E-state index in [2.05, 4.69) is 14.7 Å². The topological polar surface area (TPSA) is 75.2 Å². The van der Waals surface area contributed by atoms with Crippen LogP contribution in [0.4, 0.5) is 13.2 Å². The molecule has 0 spiro atoms. The van der Waals surface area contributed by atoms with Gasteiger partial charge in [-0.3, -0.25) is 4.21 Å². The summed E-state index contributed by atoms with van der Waals surface area (Å²) < 4.78 is 55.2. The number of aliphatic hydroxyl groups excluding tert-OH is 1. The van der Waals surface area contributed by atoms with E-state index >= 15 is 0 Å². The van der Waals surface area contributed by atoms with Gasteiger partial charge in [0.2, 0.25) is 0 Å². The Labute approximate surface area is 207 Å². The average molecular weight is 523 g/mol. The number of alkyl halides is 3. The maximum atomic E-state index is 12.9. The van der Waals surface area contributed by atoms with E-state index in [-0.39, 0.29) is 22.2 Å². The molecule has 0 aliphatic rings. The Morgan fingerprint density at radius 3 is 2.51 bits per heavy atom. The van der Waals surface area contributed by atoms with Gasteiger partial charge in [-0.25, -0.2) is 4.98 Å². The van der Waals surface area contributed by atoms with Crippen LogP contribution in [0.2, 0.25) is 5.02 Å². The van der Waals surface area contributed by atoms with Crippen LogP contribution in [0.25, 0.3) is 22.2 Å². The summed E-state index contributed by atoms with van der Waals surface area (Å²) in [7, 11) is -1.10. The molecule has 3 aromatic carbocycles. The molecule has 1 aromatic heterocycles. The van der Waals surface area contributed by atoms with E-state index in [1.807, 2.05) is 6.92 Å². The second-order valence-corrected chi connectivity index (χ2v) is 9.92. The Morgan fingerprint density at radius 2 is 1.86 bits per heavy atom. The van der Waals surface area contributed by atoms with Gasteiger partial charge in [-0.05, 0) is 48.7 Å². The standard InChI is InChI=1S/C25H22ClF3N2O3S/c1-3-12-35(33)16-10-8-15(9-11-16)23(32)24-30-19-13-18(26)21(14(2)22(19)31-24)17-6-4-5-7-20(17)34-25(27,28)29/h4-11,13,23,32H,3,12H2,1-2H3,(H,30,31). The number of fused-ring (bicyclic) bond motifs is 1. The summed E-state index contributed by atoms with van der Waals surface area (Å²) in [5, 5.41) is 11.1. The lowest BCUT2D eigenvalue weighted by Crippen LogP contribution is -2.17. The number of hydrogen-bond acceptors (Lipinski definition) is 4. The van der Waals surface area contributed by atoms with Gasteiger partial charge in [-0.2, -0.15) is 0 Å². The molecule has 2 unspecified atom stereocenters. The number of para-hydroxylation sites is 1. The second-order valence-electron chi connectivity index (χ2n) is 7.94. The number of imidazole rings is 1. The first-order valence-electron chi connectivity index (χ1n) is 10.8. The molecule has 2 N–H and O–H groups in total. The smallest absolute Gasteiger partial charge is 0.405 e. The monoisotopic (exact) mass is 522 g/mol. The summed E-state index contributed by atoms with van der Waals surface area (Å²) in [6.45, 7) is 3.65. The first kappa shape index (κ1) is 25.2. The lowest BCUT2D eigenvalue weighted by atomic mass is 9.98. The summed E-state index contributed by atoms with van der Waals surface area (Å²) in [6, 6.07) is 14.1. The molecule has 0 amide bonds. The van der Waals surface area contributed by atoms with Crippen molar-refractivity contribution < 1.29 is 27.2 Å². The van der Waals surface area contributed by atoms with E-state index in [4.69, 9.17) is 11.6 Å². The van der Waals surface area contributed by atoms with Crippen molar-refractivity contribution in [3.8, 4) is 16.9 Å². The molecule has 4 rings (SSSR count). The Hall–Kier alpha value is -2.88. The second kappa shape index (κ2) is 10.0. The minimum absolute atomic E-state index is 0.176. The highest BCUT2D eigenvalue weighted by Crippen LogP contribution is 2.41. The molecule has 4 aromatic rings. The van der Waals surface area contributed by atoms with E-state index in [0.717, 1.165) is 6.42 Å². The summed E-state index contributed by atoms with van der Waals surface area (Å²) >= 11 is 6.49. The first-order chi connectivity index (χ1) is 16.6. The van der Waals surface area contributed by atoms with Crippen molar-refractivity contribution in [2.75, 3.05) is 5.75 Å². The zero-order valence-electron chi connectivity index (χ0n) is 18.8. The predicted octanol–water partition coefficient (Wildman–Crippen LogP) is 6.69. The zero-order valence-corrected chi connectivity index (χ0v) is 20.4. The molecule has 0 bridgehead atoms. The van der Waals surface area contributed by atoms with E-state index in [9.17, 15) is 22.5 Å². The van der Waals surface area contributed by atoms with Gasteiger partial charge in [-0.1, -0.05) is 48.9 Å². The SMILES string of the molecule is CCCS(=O)c1ccc(C(O)c2nc3c(C)c(-c4ccccc4OC(F)(F)F)c(Cl)cc3[nH]2)cc1. The van der Waals surface area contributed by atoms with Crippen molar-refractivity contribution in [3.05, 3.63) is 76.6 Å². The van der Waals surface area contributed by atoms with E-state index in [1.165, 1.54) is 18.2 Å². The van der Waals surface area contributed by atoms with Gasteiger partial charge < -0.3 is 14.8 Å². The highest BCUT2D eigenvalue weighted by Gasteiger charge is 2.32. The molecule has 0 radical (unpaired) electrons. The van der Waals surface area contributed by atoms with Crippen LogP contribution in [0, 0.1) is 6.92 Å². The fourth-order valence-electron chi connectivity index (χ4n) is 3.90. The normalized spacial score (nSPS) is 13.7. The third-order valence-electron chi connectivity index (χ3n) is 5.48. The molecular formula is C25H22ClF3N2O3S. The van der Waals surface area contributed by atoms with Crippen LogP contribution in [0.1, 0.15) is 36.4 Å². The molecule has 35 heavy (non-hydrogen) atoms.